The zero-order chi connectivity index (χ0) is 19.9. The molecule has 0 amide bonds. The maximum atomic E-state index is 12.4. The minimum absolute atomic E-state index is 0.00125. The highest BCUT2D eigenvalue weighted by atomic mass is 35.5. The Hall–Kier alpha value is -2.45. The van der Waals surface area contributed by atoms with Gasteiger partial charge in [-0.2, -0.15) is 13.5 Å². The zero-order valence-electron chi connectivity index (χ0n) is 15.2. The molecule has 2 aromatic carbocycles. The molecule has 9 heteroatoms. The molecule has 0 aromatic heterocycles. The normalized spacial score (nSPS) is 11.4. The van der Waals surface area contributed by atoms with Crippen LogP contribution in [0, 0.1) is 0 Å². The summed E-state index contributed by atoms with van der Waals surface area (Å²) in [7, 11) is -0.961. The monoisotopic (exact) mass is 412 g/mol. The zero-order valence-corrected chi connectivity index (χ0v) is 16.8. The van der Waals surface area contributed by atoms with Gasteiger partial charge in [-0.05, 0) is 42.3 Å². The van der Waals surface area contributed by atoms with Gasteiger partial charge in [0.15, 0.2) is 11.5 Å². The number of halogens is 1. The van der Waals surface area contributed by atoms with E-state index in [1.165, 1.54) is 38.6 Å². The van der Waals surface area contributed by atoms with Gasteiger partial charge < -0.3 is 14.2 Å². The largest absolute Gasteiger partial charge is 0.493 e. The number of rotatable bonds is 9. The van der Waals surface area contributed by atoms with E-state index in [4.69, 9.17) is 25.8 Å². The summed E-state index contributed by atoms with van der Waals surface area (Å²) in [6.07, 6.45) is 2.23. The van der Waals surface area contributed by atoms with Crippen LogP contribution in [0.1, 0.15) is 18.9 Å². The van der Waals surface area contributed by atoms with Crippen LogP contribution >= 0.6 is 11.6 Å². The van der Waals surface area contributed by atoms with Crippen LogP contribution in [0.2, 0.25) is 5.02 Å². The van der Waals surface area contributed by atoms with Crippen LogP contribution < -0.4 is 19.0 Å². The standard InChI is InChI=1S/C18H21ClN2O5S/c1-4-9-26-16-7-5-13(10-15(16)19)12-20-21-27(22,23)14-6-8-17(24-2)18(11-14)25-3/h5-8,10-12,21H,4,9H2,1-3H3/b20-12+. The molecule has 146 valence electrons. The molecule has 0 bridgehead atoms. The molecular weight excluding hydrogens is 392 g/mol. The summed E-state index contributed by atoms with van der Waals surface area (Å²) < 4.78 is 40.4. The Morgan fingerprint density at radius 2 is 1.78 bits per heavy atom. The van der Waals surface area contributed by atoms with Crippen molar-refractivity contribution in [1.82, 2.24) is 4.83 Å². The van der Waals surface area contributed by atoms with E-state index in [-0.39, 0.29) is 4.90 Å². The van der Waals surface area contributed by atoms with Gasteiger partial charge in [0.2, 0.25) is 0 Å². The van der Waals surface area contributed by atoms with Gasteiger partial charge >= 0.3 is 0 Å². The Morgan fingerprint density at radius 3 is 2.41 bits per heavy atom. The average molecular weight is 413 g/mol. The molecule has 0 atom stereocenters. The van der Waals surface area contributed by atoms with Crippen LogP contribution in [-0.2, 0) is 10.0 Å². The van der Waals surface area contributed by atoms with Gasteiger partial charge in [0.25, 0.3) is 10.0 Å². The van der Waals surface area contributed by atoms with E-state index in [0.29, 0.717) is 34.4 Å². The molecular formula is C18H21ClN2O5S. The number of ether oxygens (including phenoxy) is 3. The molecule has 0 aliphatic heterocycles. The summed E-state index contributed by atoms with van der Waals surface area (Å²) in [5.41, 5.74) is 0.624. The molecule has 0 saturated carbocycles. The Kier molecular flexibility index (Phi) is 7.32. The molecule has 2 rings (SSSR count). The second-order valence-electron chi connectivity index (χ2n) is 5.41. The van der Waals surface area contributed by atoms with Crippen LogP contribution in [0.15, 0.2) is 46.4 Å². The highest BCUT2D eigenvalue weighted by Gasteiger charge is 2.16. The van der Waals surface area contributed by atoms with Crippen molar-refractivity contribution in [2.24, 2.45) is 5.10 Å². The molecule has 0 aliphatic rings. The Balaban J connectivity index is 2.11. The number of nitrogens with one attached hydrogen (secondary N) is 1. The van der Waals surface area contributed by atoms with Gasteiger partial charge in [0.05, 0.1) is 37.0 Å². The number of hydrazone groups is 1. The first-order valence-corrected chi connectivity index (χ1v) is 9.96. The maximum Gasteiger partial charge on any atom is 0.276 e. The summed E-state index contributed by atoms with van der Waals surface area (Å²) in [4.78, 5) is 2.15. The first-order chi connectivity index (χ1) is 12.9. The quantitative estimate of drug-likeness (QED) is 0.503. The van der Waals surface area contributed by atoms with Gasteiger partial charge in [-0.25, -0.2) is 4.83 Å². The molecule has 0 fully saturated rings. The summed E-state index contributed by atoms with van der Waals surface area (Å²) in [5, 5.41) is 4.21. The number of hydrogen-bond acceptors (Lipinski definition) is 6. The summed E-state index contributed by atoms with van der Waals surface area (Å²) >= 11 is 6.14. The van der Waals surface area contributed by atoms with Crippen molar-refractivity contribution in [2.45, 2.75) is 18.2 Å². The number of nitrogens with zero attached hydrogens (tertiary/aromatic N) is 1. The predicted molar refractivity (Wildman–Crippen MR) is 105 cm³/mol. The van der Waals surface area contributed by atoms with Crippen molar-refractivity contribution in [1.29, 1.82) is 0 Å². The minimum Gasteiger partial charge on any atom is -0.493 e. The molecule has 0 aliphatic carbocycles. The van der Waals surface area contributed by atoms with Crippen molar-refractivity contribution < 1.29 is 22.6 Å². The van der Waals surface area contributed by atoms with Gasteiger partial charge in [0, 0.05) is 6.07 Å². The van der Waals surface area contributed by atoms with E-state index in [1.54, 1.807) is 18.2 Å². The van der Waals surface area contributed by atoms with Crippen molar-refractivity contribution in [3.05, 3.63) is 47.0 Å². The van der Waals surface area contributed by atoms with E-state index in [9.17, 15) is 8.42 Å². The van der Waals surface area contributed by atoms with E-state index in [2.05, 4.69) is 9.93 Å². The second kappa shape index (κ2) is 9.48. The van der Waals surface area contributed by atoms with Crippen LogP contribution in [-0.4, -0.2) is 35.5 Å². The van der Waals surface area contributed by atoms with Crippen molar-refractivity contribution >= 4 is 27.8 Å². The first-order valence-electron chi connectivity index (χ1n) is 8.10. The molecule has 0 saturated heterocycles. The Morgan fingerprint density at radius 1 is 1.07 bits per heavy atom. The first kappa shape index (κ1) is 20.9. The molecule has 27 heavy (non-hydrogen) atoms. The average Bonchev–Trinajstić information content (AvgIpc) is 2.66. The third kappa shape index (κ3) is 5.51. The summed E-state index contributed by atoms with van der Waals surface area (Å²) in [5.74, 6) is 1.31. The summed E-state index contributed by atoms with van der Waals surface area (Å²) in [6, 6.07) is 9.34. The molecule has 0 unspecified atom stereocenters. The number of methoxy groups -OCH3 is 2. The topological polar surface area (TPSA) is 86.2 Å². The molecule has 1 N–H and O–H groups in total. The third-order valence-electron chi connectivity index (χ3n) is 3.47. The van der Waals surface area contributed by atoms with Gasteiger partial charge in [0.1, 0.15) is 5.75 Å². The van der Waals surface area contributed by atoms with Crippen LogP contribution in [0.5, 0.6) is 17.2 Å². The smallest absolute Gasteiger partial charge is 0.276 e. The number of sulfonamides is 1. The van der Waals surface area contributed by atoms with Crippen LogP contribution in [0.3, 0.4) is 0 Å². The number of hydrogen-bond donors (Lipinski definition) is 1. The molecule has 0 radical (unpaired) electrons. The van der Waals surface area contributed by atoms with Gasteiger partial charge in [-0.1, -0.05) is 18.5 Å². The molecule has 0 spiro atoms. The number of benzene rings is 2. The van der Waals surface area contributed by atoms with Gasteiger partial charge in [-0.15, -0.1) is 0 Å². The minimum atomic E-state index is -3.86. The lowest BCUT2D eigenvalue weighted by molar-refractivity contribution is 0.317. The highest BCUT2D eigenvalue weighted by molar-refractivity contribution is 7.89. The lowest BCUT2D eigenvalue weighted by Crippen LogP contribution is -2.18. The van der Waals surface area contributed by atoms with Crippen LogP contribution in [0.4, 0.5) is 0 Å². The lowest BCUT2D eigenvalue weighted by Gasteiger charge is -2.09. The summed E-state index contributed by atoms with van der Waals surface area (Å²) in [6.45, 7) is 2.57. The second-order valence-corrected chi connectivity index (χ2v) is 7.48. The highest BCUT2D eigenvalue weighted by Crippen LogP contribution is 2.29. The lowest BCUT2D eigenvalue weighted by atomic mass is 10.2. The van der Waals surface area contributed by atoms with Crippen molar-refractivity contribution in [2.75, 3.05) is 20.8 Å². The Bertz CT molecular complexity index is 916. The third-order valence-corrected chi connectivity index (χ3v) is 4.99. The maximum absolute atomic E-state index is 12.4. The predicted octanol–water partition coefficient (Wildman–Crippen LogP) is 3.46. The molecule has 0 heterocycles. The van der Waals surface area contributed by atoms with E-state index in [1.807, 2.05) is 6.92 Å². The molecule has 2 aromatic rings. The Labute approximate surface area is 163 Å². The fraction of sp³-hybridized carbons (Fsp3) is 0.278. The van der Waals surface area contributed by atoms with E-state index in [0.717, 1.165) is 6.42 Å². The molecule has 7 nitrogen and oxygen atoms in total. The van der Waals surface area contributed by atoms with E-state index >= 15 is 0 Å². The van der Waals surface area contributed by atoms with Crippen molar-refractivity contribution in [3.8, 4) is 17.2 Å². The van der Waals surface area contributed by atoms with Crippen molar-refractivity contribution in [3.63, 3.8) is 0 Å². The van der Waals surface area contributed by atoms with E-state index < -0.39 is 10.0 Å². The SMILES string of the molecule is CCCOc1ccc(/C=N/NS(=O)(=O)c2ccc(OC)c(OC)c2)cc1Cl. The fourth-order valence-electron chi connectivity index (χ4n) is 2.13. The fourth-order valence-corrected chi connectivity index (χ4v) is 3.18. The van der Waals surface area contributed by atoms with Gasteiger partial charge in [-0.3, -0.25) is 0 Å². The van der Waals surface area contributed by atoms with Crippen LogP contribution in [0.25, 0.3) is 0 Å².